The van der Waals surface area contributed by atoms with E-state index in [2.05, 4.69) is 15.1 Å². The van der Waals surface area contributed by atoms with E-state index in [-0.39, 0.29) is 12.1 Å². The number of methoxy groups -OCH3 is 1. The van der Waals surface area contributed by atoms with Crippen LogP contribution in [-0.2, 0) is 6.54 Å². The molecular formula is C18H14N4O3. The third kappa shape index (κ3) is 2.87. The van der Waals surface area contributed by atoms with Crippen LogP contribution >= 0.6 is 0 Å². The summed E-state index contributed by atoms with van der Waals surface area (Å²) >= 11 is 0. The van der Waals surface area contributed by atoms with E-state index in [9.17, 15) is 4.79 Å². The van der Waals surface area contributed by atoms with Gasteiger partial charge in [-0.3, -0.25) is 9.36 Å². The van der Waals surface area contributed by atoms with Crippen LogP contribution in [0.25, 0.3) is 22.3 Å². The Morgan fingerprint density at radius 2 is 1.92 bits per heavy atom. The Bertz CT molecular complexity index is 1080. The van der Waals surface area contributed by atoms with Gasteiger partial charge in [0, 0.05) is 5.56 Å². The first-order chi connectivity index (χ1) is 12.2. The van der Waals surface area contributed by atoms with Crippen molar-refractivity contribution in [3.63, 3.8) is 0 Å². The van der Waals surface area contributed by atoms with Gasteiger partial charge in [0.15, 0.2) is 0 Å². The topological polar surface area (TPSA) is 83.0 Å². The highest BCUT2D eigenvalue weighted by Gasteiger charge is 2.11. The molecule has 0 amide bonds. The maximum Gasteiger partial charge on any atom is 0.261 e. The number of ether oxygens (including phenoxy) is 1. The highest BCUT2D eigenvalue weighted by molar-refractivity contribution is 5.76. The number of benzene rings is 2. The lowest BCUT2D eigenvalue weighted by Gasteiger charge is -2.03. The second kappa shape index (κ2) is 6.20. The van der Waals surface area contributed by atoms with Crippen LogP contribution in [-0.4, -0.2) is 26.8 Å². The molecule has 0 bridgehead atoms. The van der Waals surface area contributed by atoms with Gasteiger partial charge in [0.25, 0.3) is 5.56 Å². The van der Waals surface area contributed by atoms with Crippen molar-refractivity contribution in [2.75, 3.05) is 7.11 Å². The first-order valence-electron chi connectivity index (χ1n) is 7.66. The molecule has 7 nitrogen and oxygen atoms in total. The van der Waals surface area contributed by atoms with Crippen molar-refractivity contribution in [1.82, 2.24) is 19.7 Å². The van der Waals surface area contributed by atoms with Gasteiger partial charge < -0.3 is 9.26 Å². The molecule has 2 heterocycles. The molecule has 0 atom stereocenters. The minimum Gasteiger partial charge on any atom is -0.497 e. The van der Waals surface area contributed by atoms with E-state index in [1.807, 2.05) is 36.4 Å². The van der Waals surface area contributed by atoms with E-state index in [0.29, 0.717) is 22.6 Å². The van der Waals surface area contributed by atoms with Gasteiger partial charge in [-0.2, -0.15) is 4.98 Å². The number of hydrogen-bond acceptors (Lipinski definition) is 6. The van der Waals surface area contributed by atoms with Gasteiger partial charge >= 0.3 is 0 Å². The molecule has 0 radical (unpaired) electrons. The third-order valence-corrected chi connectivity index (χ3v) is 3.85. The summed E-state index contributed by atoms with van der Waals surface area (Å²) in [6.45, 7) is 0.166. The molecule has 0 unspecified atom stereocenters. The minimum atomic E-state index is -0.144. The van der Waals surface area contributed by atoms with E-state index in [1.54, 1.807) is 19.2 Å². The first kappa shape index (κ1) is 15.1. The normalized spacial score (nSPS) is 10.9. The van der Waals surface area contributed by atoms with Crippen molar-refractivity contribution < 1.29 is 9.26 Å². The summed E-state index contributed by atoms with van der Waals surface area (Å²) in [4.78, 5) is 21.1. The zero-order chi connectivity index (χ0) is 17.2. The molecule has 124 valence electrons. The molecule has 7 heteroatoms. The van der Waals surface area contributed by atoms with Crippen LogP contribution in [0.4, 0.5) is 0 Å². The largest absolute Gasteiger partial charge is 0.497 e. The second-order valence-corrected chi connectivity index (χ2v) is 5.43. The maximum atomic E-state index is 12.5. The lowest BCUT2D eigenvalue weighted by molar-refractivity contribution is 0.369. The van der Waals surface area contributed by atoms with Crippen molar-refractivity contribution in [3.8, 4) is 17.1 Å². The Hall–Kier alpha value is -3.48. The molecule has 25 heavy (non-hydrogen) atoms. The smallest absolute Gasteiger partial charge is 0.261 e. The molecule has 0 aliphatic heterocycles. The van der Waals surface area contributed by atoms with Gasteiger partial charge in [0.1, 0.15) is 12.3 Å². The van der Waals surface area contributed by atoms with Crippen molar-refractivity contribution in [2.24, 2.45) is 0 Å². The van der Waals surface area contributed by atoms with Crippen molar-refractivity contribution in [2.45, 2.75) is 6.54 Å². The summed E-state index contributed by atoms with van der Waals surface area (Å²) in [5.74, 6) is 1.55. The number of fused-ring (bicyclic) bond motifs is 1. The Morgan fingerprint density at radius 1 is 1.12 bits per heavy atom. The number of nitrogens with zero attached hydrogens (tertiary/aromatic N) is 4. The Morgan fingerprint density at radius 3 is 2.72 bits per heavy atom. The van der Waals surface area contributed by atoms with E-state index in [1.165, 1.54) is 10.9 Å². The lowest BCUT2D eigenvalue weighted by atomic mass is 10.2. The van der Waals surface area contributed by atoms with Crippen LogP contribution in [0, 0.1) is 0 Å². The zero-order valence-corrected chi connectivity index (χ0v) is 13.4. The number of aromatic nitrogens is 4. The second-order valence-electron chi connectivity index (χ2n) is 5.43. The summed E-state index contributed by atoms with van der Waals surface area (Å²) in [5.41, 5.74) is 1.32. The van der Waals surface area contributed by atoms with E-state index in [0.717, 1.165) is 11.3 Å². The van der Waals surface area contributed by atoms with Gasteiger partial charge in [-0.15, -0.1) is 0 Å². The average molecular weight is 334 g/mol. The molecular weight excluding hydrogens is 320 g/mol. The fraction of sp³-hybridized carbons (Fsp3) is 0.111. The van der Waals surface area contributed by atoms with Crippen LogP contribution < -0.4 is 10.3 Å². The van der Waals surface area contributed by atoms with Crippen LogP contribution in [0.15, 0.2) is 64.2 Å². The molecule has 2 aromatic carbocycles. The van der Waals surface area contributed by atoms with Crippen LogP contribution in [0.5, 0.6) is 5.75 Å². The highest BCUT2D eigenvalue weighted by Crippen LogP contribution is 2.19. The SMILES string of the molecule is COc1ccc(-c2noc(Cn3cnc4ccccc4c3=O)n2)cc1. The standard InChI is InChI=1S/C18H14N4O3/c1-24-13-8-6-12(7-9-13)17-20-16(25-21-17)10-22-11-19-15-5-3-2-4-14(15)18(22)23/h2-9,11H,10H2,1H3. The van der Waals surface area contributed by atoms with Crippen molar-refractivity contribution >= 4 is 10.9 Å². The van der Waals surface area contributed by atoms with Crippen LogP contribution in [0.3, 0.4) is 0 Å². The fourth-order valence-electron chi connectivity index (χ4n) is 2.54. The summed E-state index contributed by atoms with van der Waals surface area (Å²) in [6.07, 6.45) is 1.49. The number of para-hydroxylation sites is 1. The number of rotatable bonds is 4. The van der Waals surface area contributed by atoms with Gasteiger partial charge in [-0.05, 0) is 36.4 Å². The molecule has 4 aromatic rings. The lowest BCUT2D eigenvalue weighted by Crippen LogP contribution is -2.21. The minimum absolute atomic E-state index is 0.144. The summed E-state index contributed by atoms with van der Waals surface area (Å²) < 4.78 is 11.8. The predicted octanol–water partition coefficient (Wildman–Crippen LogP) is 2.50. The average Bonchev–Trinajstić information content (AvgIpc) is 3.13. The maximum absolute atomic E-state index is 12.5. The number of hydrogen-bond donors (Lipinski definition) is 0. The third-order valence-electron chi connectivity index (χ3n) is 3.85. The van der Waals surface area contributed by atoms with Gasteiger partial charge in [-0.25, -0.2) is 4.98 Å². The summed E-state index contributed by atoms with van der Waals surface area (Å²) in [5, 5.41) is 4.52. The Labute approximate surface area is 142 Å². The molecule has 0 saturated heterocycles. The highest BCUT2D eigenvalue weighted by atomic mass is 16.5. The molecule has 2 aromatic heterocycles. The summed E-state index contributed by atoms with van der Waals surface area (Å²) in [6, 6.07) is 14.5. The molecule has 0 N–H and O–H groups in total. The zero-order valence-electron chi connectivity index (χ0n) is 13.4. The van der Waals surface area contributed by atoms with Crippen LogP contribution in [0.1, 0.15) is 5.89 Å². The van der Waals surface area contributed by atoms with Crippen molar-refractivity contribution in [3.05, 3.63) is 71.1 Å². The van der Waals surface area contributed by atoms with E-state index in [4.69, 9.17) is 9.26 Å². The van der Waals surface area contributed by atoms with Crippen molar-refractivity contribution in [1.29, 1.82) is 0 Å². The molecule has 0 fully saturated rings. The summed E-state index contributed by atoms with van der Waals surface area (Å²) in [7, 11) is 1.61. The van der Waals surface area contributed by atoms with Gasteiger partial charge in [0.2, 0.25) is 11.7 Å². The fourth-order valence-corrected chi connectivity index (χ4v) is 2.54. The monoisotopic (exact) mass is 334 g/mol. The van der Waals surface area contributed by atoms with Crippen LogP contribution in [0.2, 0.25) is 0 Å². The molecule has 0 aliphatic rings. The Kier molecular flexibility index (Phi) is 3.74. The van der Waals surface area contributed by atoms with E-state index < -0.39 is 0 Å². The van der Waals surface area contributed by atoms with E-state index >= 15 is 0 Å². The predicted molar refractivity (Wildman–Crippen MR) is 91.4 cm³/mol. The molecule has 0 spiro atoms. The van der Waals surface area contributed by atoms with Gasteiger partial charge in [-0.1, -0.05) is 17.3 Å². The Balaban J connectivity index is 1.63. The molecule has 0 saturated carbocycles. The molecule has 0 aliphatic carbocycles. The first-order valence-corrected chi connectivity index (χ1v) is 7.66. The van der Waals surface area contributed by atoms with Gasteiger partial charge in [0.05, 0.1) is 24.3 Å². The quantitative estimate of drug-likeness (QED) is 0.570. The molecule has 4 rings (SSSR count).